The van der Waals surface area contributed by atoms with E-state index in [9.17, 15) is 19.2 Å². The Bertz CT molecular complexity index is 2450. The number of carbonyl (C=O) groups excluding carboxylic acids is 4. The van der Waals surface area contributed by atoms with Gasteiger partial charge in [0.05, 0.1) is 28.2 Å². The Hall–Kier alpha value is -5.08. The quantitative estimate of drug-likeness (QED) is 0.104. The van der Waals surface area contributed by atoms with E-state index >= 15 is 0 Å². The topological polar surface area (TPSA) is 108 Å². The largest absolute Gasteiger partial charge is 0.458 e. The average Bonchev–Trinajstić information content (AvgIpc) is 3.86. The number of ether oxygens (including phenoxy) is 4. The van der Waals surface area contributed by atoms with Crippen LogP contribution >= 0.6 is 0 Å². The van der Waals surface area contributed by atoms with Gasteiger partial charge in [-0.15, -0.1) is 0 Å². The highest BCUT2D eigenvalue weighted by Gasteiger charge is 2.81. The molecule has 2 aliphatic heterocycles. The number of esters is 3. The third kappa shape index (κ3) is 5.36. The number of benzene rings is 4. The van der Waals surface area contributed by atoms with Crippen molar-refractivity contribution in [2.24, 2.45) is 40.4 Å². The monoisotopic (exact) mass is 778 g/mol. The first-order valence-corrected chi connectivity index (χ1v) is 21.1. The number of cyclic esters (lactones) is 1. The second-order valence-electron chi connectivity index (χ2n) is 18.4. The summed E-state index contributed by atoms with van der Waals surface area (Å²) in [5.74, 6) is 0.0587. The van der Waals surface area contributed by atoms with Crippen molar-refractivity contribution < 1.29 is 38.1 Å². The lowest BCUT2D eigenvalue weighted by molar-refractivity contribution is -0.156. The Kier molecular flexibility index (Phi) is 8.65. The minimum Gasteiger partial charge on any atom is -0.458 e. The maximum Gasteiger partial charge on any atom is 0.339 e. The van der Waals surface area contributed by atoms with Crippen LogP contribution in [0.3, 0.4) is 0 Å². The van der Waals surface area contributed by atoms with Gasteiger partial charge >= 0.3 is 17.9 Å². The fraction of sp³-hybridized carbons (Fsp3) is 0.440. The van der Waals surface area contributed by atoms with Gasteiger partial charge in [-0.05, 0) is 127 Å². The lowest BCUT2D eigenvalue weighted by Gasteiger charge is -2.58. The maximum atomic E-state index is 14.2. The van der Waals surface area contributed by atoms with Gasteiger partial charge in [0.25, 0.3) is 0 Å². The third-order valence-corrected chi connectivity index (χ3v) is 16.0. The van der Waals surface area contributed by atoms with Crippen LogP contribution in [-0.2, 0) is 28.5 Å². The Morgan fingerprint density at radius 1 is 0.828 bits per heavy atom. The first kappa shape index (κ1) is 37.2. The molecule has 0 aromatic heterocycles. The van der Waals surface area contributed by atoms with Gasteiger partial charge in [-0.25, -0.2) is 14.4 Å². The molecule has 11 atom stereocenters. The number of epoxide rings is 1. The van der Waals surface area contributed by atoms with Crippen LogP contribution in [-0.4, -0.2) is 54.2 Å². The number of ketones is 1. The zero-order chi connectivity index (χ0) is 40.1. The van der Waals surface area contributed by atoms with E-state index < -0.39 is 35.0 Å². The summed E-state index contributed by atoms with van der Waals surface area (Å²) in [5.41, 5.74) is 0.656. The molecule has 0 N–H and O–H groups in total. The molecule has 2 heterocycles. The van der Waals surface area contributed by atoms with Gasteiger partial charge in [0.15, 0.2) is 11.9 Å². The first-order chi connectivity index (χ1) is 28.0. The summed E-state index contributed by atoms with van der Waals surface area (Å²) >= 11 is 0. The molecule has 4 aromatic carbocycles. The minimum absolute atomic E-state index is 0.0118. The molecule has 58 heavy (non-hydrogen) atoms. The van der Waals surface area contributed by atoms with Crippen LogP contribution in [0.15, 0.2) is 108 Å². The molecule has 0 unspecified atom stereocenters. The van der Waals surface area contributed by atoms with Crippen molar-refractivity contribution in [1.82, 2.24) is 0 Å². The van der Waals surface area contributed by atoms with Gasteiger partial charge in [-0.1, -0.05) is 92.2 Å². The number of allylic oxidation sites excluding steroid dienone is 1. The van der Waals surface area contributed by atoms with Crippen LogP contribution in [0.1, 0.15) is 86.9 Å². The standard InChI is InChI=1S/C50H50O8/c1-28-25-41(56-47(54)37(28)27-55-45(52)34-17-9-13-30-11-5-7-15-32(30)34)29(2)38-19-20-39-36-26-44-50(58-44)43(22-21-42(51)49(50,4)40(36)23-24-48(38,39)3)57-46(53)35-18-10-14-31-12-6-8-16-33(31)35/h5-18,21-22,29,36,38-41,43-44H,19-20,23-27H2,1-4H3/t29-,36-,38+,39-,40-,41+,43-,44+,48+,49-,50+/m0/s1. The van der Waals surface area contributed by atoms with Crippen molar-refractivity contribution in [1.29, 1.82) is 0 Å². The molecule has 6 aliphatic rings. The molecule has 4 aromatic rings. The smallest absolute Gasteiger partial charge is 0.339 e. The molecule has 0 bridgehead atoms. The van der Waals surface area contributed by atoms with E-state index in [1.54, 1.807) is 24.3 Å². The summed E-state index contributed by atoms with van der Waals surface area (Å²) in [6.07, 6.45) is 7.69. The summed E-state index contributed by atoms with van der Waals surface area (Å²) in [7, 11) is 0. The zero-order valence-electron chi connectivity index (χ0n) is 33.6. The molecule has 4 aliphatic carbocycles. The van der Waals surface area contributed by atoms with Crippen LogP contribution < -0.4 is 0 Å². The van der Waals surface area contributed by atoms with Gasteiger partial charge in [-0.3, -0.25) is 4.79 Å². The number of hydrogen-bond acceptors (Lipinski definition) is 8. The molecule has 3 saturated carbocycles. The molecule has 8 heteroatoms. The highest BCUT2D eigenvalue weighted by atomic mass is 16.7. The molecule has 8 nitrogen and oxygen atoms in total. The Balaban J connectivity index is 0.836. The summed E-state index contributed by atoms with van der Waals surface area (Å²) in [4.78, 5) is 54.7. The lowest BCUT2D eigenvalue weighted by Crippen LogP contribution is -2.64. The fourth-order valence-corrected chi connectivity index (χ4v) is 13.0. The third-order valence-electron chi connectivity index (χ3n) is 16.0. The number of hydrogen-bond donors (Lipinski definition) is 0. The Morgan fingerprint density at radius 3 is 2.17 bits per heavy atom. The van der Waals surface area contributed by atoms with E-state index in [1.807, 2.05) is 79.7 Å². The van der Waals surface area contributed by atoms with Crippen molar-refractivity contribution in [3.63, 3.8) is 0 Å². The molecule has 1 spiro atoms. The number of carbonyl (C=O) groups is 4. The Labute approximate surface area is 338 Å². The normalized spacial score (nSPS) is 35.3. The van der Waals surface area contributed by atoms with Crippen molar-refractivity contribution >= 4 is 45.2 Å². The van der Waals surface area contributed by atoms with Crippen molar-refractivity contribution in [2.45, 2.75) is 90.1 Å². The van der Waals surface area contributed by atoms with Gasteiger partial charge < -0.3 is 18.9 Å². The molecule has 10 rings (SSSR count). The van der Waals surface area contributed by atoms with E-state index in [0.29, 0.717) is 40.9 Å². The minimum atomic E-state index is -0.861. The van der Waals surface area contributed by atoms with Crippen molar-refractivity contribution in [2.75, 3.05) is 6.61 Å². The van der Waals surface area contributed by atoms with Crippen LogP contribution in [0.25, 0.3) is 21.5 Å². The van der Waals surface area contributed by atoms with Crippen LogP contribution in [0, 0.1) is 40.4 Å². The zero-order valence-corrected chi connectivity index (χ0v) is 33.6. The van der Waals surface area contributed by atoms with E-state index in [1.165, 1.54) is 0 Å². The number of rotatable bonds is 7. The van der Waals surface area contributed by atoms with Crippen LogP contribution in [0.4, 0.5) is 0 Å². The second kappa shape index (κ2) is 13.5. The molecular formula is C50H50O8. The van der Waals surface area contributed by atoms with E-state index in [0.717, 1.165) is 59.2 Å². The lowest BCUT2D eigenvalue weighted by atomic mass is 9.44. The van der Waals surface area contributed by atoms with E-state index in [-0.39, 0.29) is 41.8 Å². The van der Waals surface area contributed by atoms with Crippen molar-refractivity contribution in [3.8, 4) is 0 Å². The SMILES string of the molecule is CC1=C(COC(=O)c2cccc3ccccc23)C(=O)O[C@@H]([C@@H](C)[C@H]2CC[C@H]3[C@@H]4C[C@H]5O[C@]56[C@@H](OC(=O)c5cccc7ccccc57)C=CC(=O)[C@]6(C)[C@H]4CC[C@]23C)C1. The highest BCUT2D eigenvalue weighted by molar-refractivity contribution is 6.06. The van der Waals surface area contributed by atoms with Crippen LogP contribution in [0.5, 0.6) is 0 Å². The maximum absolute atomic E-state index is 14.2. The average molecular weight is 779 g/mol. The molecule has 0 amide bonds. The van der Waals surface area contributed by atoms with Gasteiger partial charge in [0, 0.05) is 6.42 Å². The second-order valence-corrected chi connectivity index (χ2v) is 18.4. The summed E-state index contributed by atoms with van der Waals surface area (Å²) in [6.45, 7) is 8.59. The summed E-state index contributed by atoms with van der Waals surface area (Å²) in [5, 5.41) is 3.58. The van der Waals surface area contributed by atoms with Gasteiger partial charge in [0.1, 0.15) is 18.3 Å². The summed E-state index contributed by atoms with van der Waals surface area (Å²) in [6, 6.07) is 26.7. The van der Waals surface area contributed by atoms with Gasteiger partial charge in [-0.2, -0.15) is 0 Å². The Morgan fingerprint density at radius 2 is 1.48 bits per heavy atom. The van der Waals surface area contributed by atoms with E-state index in [4.69, 9.17) is 18.9 Å². The van der Waals surface area contributed by atoms with Crippen LogP contribution in [0.2, 0.25) is 0 Å². The molecule has 1 saturated heterocycles. The first-order valence-electron chi connectivity index (χ1n) is 21.1. The van der Waals surface area contributed by atoms with Gasteiger partial charge in [0.2, 0.25) is 0 Å². The molecule has 0 radical (unpaired) electrons. The molecular weight excluding hydrogens is 729 g/mol. The molecule has 4 fully saturated rings. The highest BCUT2D eigenvalue weighted by Crippen LogP contribution is 2.73. The predicted molar refractivity (Wildman–Crippen MR) is 219 cm³/mol. The number of fused-ring (bicyclic) bond motifs is 6. The fourth-order valence-electron chi connectivity index (χ4n) is 13.0. The van der Waals surface area contributed by atoms with Crippen molar-refractivity contribution in [3.05, 3.63) is 119 Å². The predicted octanol–water partition coefficient (Wildman–Crippen LogP) is 9.39. The summed E-state index contributed by atoms with van der Waals surface area (Å²) < 4.78 is 24.9. The molecule has 298 valence electrons. The van der Waals surface area contributed by atoms with E-state index in [2.05, 4.69) is 20.8 Å².